The van der Waals surface area contributed by atoms with Gasteiger partial charge in [0.25, 0.3) is 0 Å². The predicted molar refractivity (Wildman–Crippen MR) is 88.3 cm³/mol. The van der Waals surface area contributed by atoms with Crippen molar-refractivity contribution in [1.82, 2.24) is 0 Å². The highest BCUT2D eigenvalue weighted by Crippen LogP contribution is 2.28. The summed E-state index contributed by atoms with van der Waals surface area (Å²) in [4.78, 5) is 12.3. The van der Waals surface area contributed by atoms with Crippen LogP contribution in [0.2, 0.25) is 0 Å². The fourth-order valence-corrected chi connectivity index (χ4v) is 2.42. The van der Waals surface area contributed by atoms with E-state index in [1.165, 1.54) is 12.7 Å². The molecular formula is C17H18BrNO2. The zero-order valence-electron chi connectivity index (χ0n) is 12.3. The molecule has 110 valence electrons. The summed E-state index contributed by atoms with van der Waals surface area (Å²) in [6.07, 6.45) is 0. The Kier molecular flexibility index (Phi) is 4.68. The molecule has 0 aliphatic rings. The summed E-state index contributed by atoms with van der Waals surface area (Å²) < 4.78 is 5.95. The first-order valence-corrected chi connectivity index (χ1v) is 7.44. The number of esters is 1. The average Bonchev–Trinajstić information content (AvgIpc) is 2.49. The second-order valence-corrected chi connectivity index (χ2v) is 6.03. The summed E-state index contributed by atoms with van der Waals surface area (Å²) in [6, 6.07) is 15.5. The minimum atomic E-state index is -0.940. The number of benzene rings is 2. The lowest BCUT2D eigenvalue weighted by molar-refractivity contribution is -0.145. The molecule has 4 heteroatoms. The molecule has 1 N–H and O–H groups in total. The van der Waals surface area contributed by atoms with Crippen molar-refractivity contribution in [1.29, 1.82) is 0 Å². The van der Waals surface area contributed by atoms with Gasteiger partial charge < -0.3 is 10.1 Å². The maximum atomic E-state index is 12.3. The number of aryl methyl sites for hydroxylation is 1. The van der Waals surface area contributed by atoms with E-state index in [9.17, 15) is 4.79 Å². The van der Waals surface area contributed by atoms with Gasteiger partial charge in [-0.05, 0) is 43.7 Å². The fourth-order valence-electron chi connectivity index (χ4n) is 2.15. The zero-order chi connectivity index (χ0) is 15.5. The van der Waals surface area contributed by atoms with Crippen molar-refractivity contribution >= 4 is 27.6 Å². The third-order valence-electron chi connectivity index (χ3n) is 3.46. The quantitative estimate of drug-likeness (QED) is 0.839. The van der Waals surface area contributed by atoms with E-state index in [2.05, 4.69) is 21.2 Å². The molecule has 3 nitrogen and oxygen atoms in total. The van der Waals surface area contributed by atoms with Crippen LogP contribution in [0.25, 0.3) is 0 Å². The van der Waals surface area contributed by atoms with Gasteiger partial charge in [0, 0.05) is 10.2 Å². The van der Waals surface area contributed by atoms with Crippen molar-refractivity contribution in [2.75, 3.05) is 12.4 Å². The van der Waals surface area contributed by atoms with Gasteiger partial charge in [0.05, 0.1) is 7.11 Å². The molecule has 0 bridgehead atoms. The Morgan fingerprint density at radius 3 is 2.19 bits per heavy atom. The first-order chi connectivity index (χ1) is 9.95. The largest absolute Gasteiger partial charge is 0.467 e. The van der Waals surface area contributed by atoms with E-state index in [-0.39, 0.29) is 5.97 Å². The normalized spacial score (nSPS) is 13.3. The van der Waals surface area contributed by atoms with Crippen molar-refractivity contribution in [2.24, 2.45) is 0 Å². The van der Waals surface area contributed by atoms with Crippen LogP contribution < -0.4 is 5.32 Å². The number of anilines is 1. The van der Waals surface area contributed by atoms with E-state index >= 15 is 0 Å². The summed E-state index contributed by atoms with van der Waals surface area (Å²) in [5, 5.41) is 3.28. The van der Waals surface area contributed by atoms with Crippen molar-refractivity contribution in [3.8, 4) is 0 Å². The number of methoxy groups -OCH3 is 1. The van der Waals surface area contributed by atoms with Crippen LogP contribution in [0.1, 0.15) is 18.1 Å². The Bertz CT molecular complexity index is 622. The molecule has 0 saturated carbocycles. The van der Waals surface area contributed by atoms with Crippen LogP contribution in [0.5, 0.6) is 0 Å². The van der Waals surface area contributed by atoms with E-state index in [4.69, 9.17) is 4.74 Å². The van der Waals surface area contributed by atoms with Crippen LogP contribution in [0.3, 0.4) is 0 Å². The van der Waals surface area contributed by atoms with Crippen LogP contribution in [0.15, 0.2) is 53.0 Å². The molecule has 2 aromatic rings. The lowest BCUT2D eigenvalue weighted by Crippen LogP contribution is -2.41. The molecule has 0 aliphatic heterocycles. The fraction of sp³-hybridized carbons (Fsp3) is 0.235. The summed E-state index contributed by atoms with van der Waals surface area (Å²) in [7, 11) is 1.40. The number of rotatable bonds is 4. The molecule has 1 unspecified atom stereocenters. The lowest BCUT2D eigenvalue weighted by Gasteiger charge is -2.29. The molecule has 0 fully saturated rings. The second-order valence-electron chi connectivity index (χ2n) is 5.11. The summed E-state index contributed by atoms with van der Waals surface area (Å²) in [5.41, 5.74) is 1.95. The van der Waals surface area contributed by atoms with Crippen LogP contribution in [0, 0.1) is 6.92 Å². The lowest BCUT2D eigenvalue weighted by atomic mass is 9.91. The second kappa shape index (κ2) is 6.31. The Balaban J connectivity index is 2.39. The van der Waals surface area contributed by atoms with E-state index in [0.717, 1.165) is 15.7 Å². The smallest absolute Gasteiger partial charge is 0.335 e. The van der Waals surface area contributed by atoms with E-state index in [1.807, 2.05) is 62.4 Å². The summed E-state index contributed by atoms with van der Waals surface area (Å²) in [6.45, 7) is 3.85. The van der Waals surface area contributed by atoms with Crippen LogP contribution in [0.4, 0.5) is 5.69 Å². The van der Waals surface area contributed by atoms with E-state index in [1.54, 1.807) is 0 Å². The van der Waals surface area contributed by atoms with Gasteiger partial charge in [0.1, 0.15) is 0 Å². The number of carbonyl (C=O) groups is 1. The highest BCUT2D eigenvalue weighted by Gasteiger charge is 2.36. The number of halogens is 1. The molecular weight excluding hydrogens is 330 g/mol. The Hall–Kier alpha value is -1.81. The van der Waals surface area contributed by atoms with Gasteiger partial charge in [-0.2, -0.15) is 0 Å². The molecule has 2 aromatic carbocycles. The maximum absolute atomic E-state index is 12.3. The highest BCUT2D eigenvalue weighted by atomic mass is 79.9. The Morgan fingerprint density at radius 1 is 1.10 bits per heavy atom. The molecule has 0 radical (unpaired) electrons. The monoisotopic (exact) mass is 347 g/mol. The Morgan fingerprint density at radius 2 is 1.67 bits per heavy atom. The first kappa shape index (κ1) is 15.6. The van der Waals surface area contributed by atoms with Gasteiger partial charge in [0.15, 0.2) is 5.54 Å². The minimum absolute atomic E-state index is 0.328. The van der Waals surface area contributed by atoms with Crippen LogP contribution in [-0.4, -0.2) is 13.1 Å². The van der Waals surface area contributed by atoms with Crippen LogP contribution >= 0.6 is 15.9 Å². The van der Waals surface area contributed by atoms with Gasteiger partial charge in [-0.25, -0.2) is 4.79 Å². The zero-order valence-corrected chi connectivity index (χ0v) is 13.9. The van der Waals surface area contributed by atoms with Gasteiger partial charge >= 0.3 is 5.97 Å². The number of ether oxygens (including phenoxy) is 1. The molecule has 1 atom stereocenters. The molecule has 0 spiro atoms. The summed E-state index contributed by atoms with van der Waals surface area (Å²) in [5.74, 6) is -0.328. The third kappa shape index (κ3) is 3.45. The molecule has 0 aromatic heterocycles. The van der Waals surface area contributed by atoms with E-state index in [0.29, 0.717) is 0 Å². The molecule has 2 rings (SSSR count). The third-order valence-corrected chi connectivity index (χ3v) is 3.99. The minimum Gasteiger partial charge on any atom is -0.467 e. The first-order valence-electron chi connectivity index (χ1n) is 6.65. The van der Waals surface area contributed by atoms with Gasteiger partial charge in [-0.1, -0.05) is 45.8 Å². The van der Waals surface area contributed by atoms with Crippen molar-refractivity contribution in [3.05, 3.63) is 64.1 Å². The number of hydrogen-bond donors (Lipinski definition) is 1. The number of hydrogen-bond acceptors (Lipinski definition) is 3. The van der Waals surface area contributed by atoms with Crippen molar-refractivity contribution in [3.63, 3.8) is 0 Å². The molecule has 0 saturated heterocycles. The average molecular weight is 348 g/mol. The van der Waals surface area contributed by atoms with Crippen molar-refractivity contribution < 1.29 is 9.53 Å². The number of nitrogens with one attached hydrogen (secondary N) is 1. The predicted octanol–water partition coefficient (Wildman–Crippen LogP) is 4.26. The van der Waals surface area contributed by atoms with Gasteiger partial charge in [-0.15, -0.1) is 0 Å². The SMILES string of the molecule is COC(=O)C(C)(Nc1ccc(C)cc1)c1ccc(Br)cc1. The van der Waals surface area contributed by atoms with Gasteiger partial charge in [0.2, 0.25) is 0 Å². The number of carbonyl (C=O) groups excluding carboxylic acids is 1. The summed E-state index contributed by atoms with van der Waals surface area (Å²) >= 11 is 3.40. The standard InChI is InChI=1S/C17H18BrNO2/c1-12-4-10-15(11-5-12)19-17(2,16(20)21-3)13-6-8-14(18)9-7-13/h4-11,19H,1-3H3. The van der Waals surface area contributed by atoms with Gasteiger partial charge in [-0.3, -0.25) is 0 Å². The molecule has 0 heterocycles. The van der Waals surface area contributed by atoms with E-state index < -0.39 is 5.54 Å². The molecule has 21 heavy (non-hydrogen) atoms. The Labute approximate surface area is 133 Å². The van der Waals surface area contributed by atoms with Crippen LogP contribution in [-0.2, 0) is 15.1 Å². The van der Waals surface area contributed by atoms with Crippen molar-refractivity contribution in [2.45, 2.75) is 19.4 Å². The molecule has 0 amide bonds. The highest BCUT2D eigenvalue weighted by molar-refractivity contribution is 9.10. The topological polar surface area (TPSA) is 38.3 Å². The molecule has 0 aliphatic carbocycles. The maximum Gasteiger partial charge on any atom is 0.335 e.